The van der Waals surface area contributed by atoms with Crippen molar-refractivity contribution in [2.45, 2.75) is 13.1 Å². The fraction of sp³-hybridized carbons (Fsp3) is 0.143. The summed E-state index contributed by atoms with van der Waals surface area (Å²) < 4.78 is 0. The molecule has 6 nitrogen and oxygen atoms in total. The standard InChI is InChI=1S/C14H16N4O2/c15-14(20)18-8-10-1-3-12(4-2-10)13(19)17-9-11-5-6-16-7-11/h1-7,16H,8-9H2,(H,17,19)(H3,15,18,20). The van der Waals surface area contributed by atoms with E-state index >= 15 is 0 Å². The molecule has 0 aliphatic heterocycles. The molecular formula is C14H16N4O2. The smallest absolute Gasteiger partial charge is 0.312 e. The lowest BCUT2D eigenvalue weighted by Gasteiger charge is -2.06. The monoisotopic (exact) mass is 272 g/mol. The van der Waals surface area contributed by atoms with Gasteiger partial charge in [0.1, 0.15) is 0 Å². The van der Waals surface area contributed by atoms with E-state index in [-0.39, 0.29) is 5.91 Å². The van der Waals surface area contributed by atoms with Crippen molar-refractivity contribution in [3.63, 3.8) is 0 Å². The zero-order valence-corrected chi connectivity index (χ0v) is 10.8. The molecule has 1 aromatic carbocycles. The molecule has 0 bridgehead atoms. The van der Waals surface area contributed by atoms with Crippen molar-refractivity contribution in [3.8, 4) is 0 Å². The summed E-state index contributed by atoms with van der Waals surface area (Å²) in [5.41, 5.74) is 7.46. The van der Waals surface area contributed by atoms with Crippen LogP contribution >= 0.6 is 0 Å². The molecule has 20 heavy (non-hydrogen) atoms. The Hall–Kier alpha value is -2.76. The molecule has 0 radical (unpaired) electrons. The molecule has 2 rings (SSSR count). The van der Waals surface area contributed by atoms with E-state index in [0.29, 0.717) is 18.7 Å². The van der Waals surface area contributed by atoms with Crippen molar-refractivity contribution >= 4 is 11.9 Å². The van der Waals surface area contributed by atoms with Crippen LogP contribution in [0.3, 0.4) is 0 Å². The Morgan fingerprint density at radius 1 is 1.00 bits per heavy atom. The second-order valence-corrected chi connectivity index (χ2v) is 4.32. The quantitative estimate of drug-likeness (QED) is 0.655. The number of urea groups is 1. The minimum absolute atomic E-state index is 0.138. The minimum Gasteiger partial charge on any atom is -0.367 e. The molecule has 6 heteroatoms. The highest BCUT2D eigenvalue weighted by Crippen LogP contribution is 2.05. The van der Waals surface area contributed by atoms with Gasteiger partial charge in [0.2, 0.25) is 0 Å². The highest BCUT2D eigenvalue weighted by molar-refractivity contribution is 5.94. The summed E-state index contributed by atoms with van der Waals surface area (Å²) in [7, 11) is 0. The number of amides is 3. The first-order valence-electron chi connectivity index (χ1n) is 6.17. The fourth-order valence-corrected chi connectivity index (χ4v) is 1.72. The first-order chi connectivity index (χ1) is 9.65. The SMILES string of the molecule is NC(=O)NCc1ccc(C(=O)NCc2cc[nH]c2)cc1. The van der Waals surface area contributed by atoms with Gasteiger partial charge in [-0.25, -0.2) is 4.79 Å². The van der Waals surface area contributed by atoms with Crippen molar-refractivity contribution in [3.05, 3.63) is 59.4 Å². The number of carbonyl (C=O) groups is 2. The van der Waals surface area contributed by atoms with Crippen LogP contribution < -0.4 is 16.4 Å². The molecule has 104 valence electrons. The second kappa shape index (κ2) is 6.42. The second-order valence-electron chi connectivity index (χ2n) is 4.32. The third-order valence-corrected chi connectivity index (χ3v) is 2.80. The van der Waals surface area contributed by atoms with E-state index in [2.05, 4.69) is 15.6 Å². The van der Waals surface area contributed by atoms with Crippen molar-refractivity contribution in [2.24, 2.45) is 5.73 Å². The number of hydrogen-bond acceptors (Lipinski definition) is 2. The van der Waals surface area contributed by atoms with Crippen molar-refractivity contribution in [1.82, 2.24) is 15.6 Å². The Labute approximate surface area is 116 Å². The van der Waals surface area contributed by atoms with Gasteiger partial charge < -0.3 is 21.4 Å². The van der Waals surface area contributed by atoms with E-state index in [1.807, 2.05) is 18.5 Å². The molecular weight excluding hydrogens is 256 g/mol. The molecule has 0 spiro atoms. The summed E-state index contributed by atoms with van der Waals surface area (Å²) in [4.78, 5) is 25.4. The molecule has 0 fully saturated rings. The van der Waals surface area contributed by atoms with E-state index < -0.39 is 6.03 Å². The van der Waals surface area contributed by atoms with Crippen LogP contribution in [0.4, 0.5) is 4.79 Å². The third kappa shape index (κ3) is 3.88. The lowest BCUT2D eigenvalue weighted by Crippen LogP contribution is -2.28. The van der Waals surface area contributed by atoms with Gasteiger partial charge in [-0.1, -0.05) is 12.1 Å². The molecule has 0 saturated heterocycles. The normalized spacial score (nSPS) is 10.0. The maximum Gasteiger partial charge on any atom is 0.312 e. The van der Waals surface area contributed by atoms with Crippen molar-refractivity contribution < 1.29 is 9.59 Å². The summed E-state index contributed by atoms with van der Waals surface area (Å²) in [5.74, 6) is -0.138. The van der Waals surface area contributed by atoms with Crippen LogP contribution in [0, 0.1) is 0 Å². The number of primary amides is 1. The predicted molar refractivity (Wildman–Crippen MR) is 74.8 cm³/mol. The van der Waals surface area contributed by atoms with E-state index in [1.165, 1.54) is 0 Å². The average Bonchev–Trinajstić information content (AvgIpc) is 2.96. The zero-order chi connectivity index (χ0) is 14.4. The van der Waals surface area contributed by atoms with E-state index in [0.717, 1.165) is 11.1 Å². The largest absolute Gasteiger partial charge is 0.367 e. The first kappa shape index (κ1) is 13.7. The average molecular weight is 272 g/mol. The van der Waals surface area contributed by atoms with Gasteiger partial charge in [-0.15, -0.1) is 0 Å². The highest BCUT2D eigenvalue weighted by atomic mass is 16.2. The van der Waals surface area contributed by atoms with Crippen LogP contribution in [0.1, 0.15) is 21.5 Å². The Morgan fingerprint density at radius 3 is 2.30 bits per heavy atom. The van der Waals surface area contributed by atoms with Crippen LogP contribution in [0.2, 0.25) is 0 Å². The van der Waals surface area contributed by atoms with Gasteiger partial charge in [0.05, 0.1) is 0 Å². The van der Waals surface area contributed by atoms with Crippen LogP contribution in [0.25, 0.3) is 0 Å². The van der Waals surface area contributed by atoms with Crippen molar-refractivity contribution in [2.75, 3.05) is 0 Å². The molecule has 5 N–H and O–H groups in total. The number of benzene rings is 1. The van der Waals surface area contributed by atoms with Crippen LogP contribution in [-0.2, 0) is 13.1 Å². The van der Waals surface area contributed by atoms with Crippen molar-refractivity contribution in [1.29, 1.82) is 0 Å². The number of rotatable bonds is 5. The summed E-state index contributed by atoms with van der Waals surface area (Å²) in [6, 6.07) is 8.31. The Kier molecular flexibility index (Phi) is 4.39. The summed E-state index contributed by atoms with van der Waals surface area (Å²) in [5, 5.41) is 5.31. The van der Waals surface area contributed by atoms with Gasteiger partial charge in [-0.3, -0.25) is 4.79 Å². The van der Waals surface area contributed by atoms with E-state index in [4.69, 9.17) is 5.73 Å². The van der Waals surface area contributed by atoms with Gasteiger partial charge in [-0.2, -0.15) is 0 Å². The lowest BCUT2D eigenvalue weighted by molar-refractivity contribution is 0.0951. The minimum atomic E-state index is -0.571. The molecule has 3 amide bonds. The number of nitrogens with two attached hydrogens (primary N) is 1. The van der Waals surface area contributed by atoms with Gasteiger partial charge in [0.25, 0.3) is 5.91 Å². The molecule has 1 aromatic heterocycles. The molecule has 0 atom stereocenters. The number of hydrogen-bond donors (Lipinski definition) is 4. The number of carbonyl (C=O) groups excluding carboxylic acids is 2. The Balaban J connectivity index is 1.88. The number of aromatic amines is 1. The predicted octanol–water partition coefficient (Wildman–Crippen LogP) is 1.11. The molecule has 0 saturated carbocycles. The van der Waals surface area contributed by atoms with Crippen LogP contribution in [0.15, 0.2) is 42.7 Å². The molecule has 0 unspecified atom stereocenters. The first-order valence-corrected chi connectivity index (χ1v) is 6.17. The third-order valence-electron chi connectivity index (χ3n) is 2.80. The zero-order valence-electron chi connectivity index (χ0n) is 10.8. The number of nitrogens with one attached hydrogen (secondary N) is 3. The highest BCUT2D eigenvalue weighted by Gasteiger charge is 2.05. The summed E-state index contributed by atoms with van der Waals surface area (Å²) >= 11 is 0. The molecule has 0 aliphatic rings. The molecule has 1 heterocycles. The molecule has 2 aromatic rings. The van der Waals surface area contributed by atoms with E-state index in [9.17, 15) is 9.59 Å². The van der Waals surface area contributed by atoms with Gasteiger partial charge >= 0.3 is 6.03 Å². The van der Waals surface area contributed by atoms with Gasteiger partial charge in [0.15, 0.2) is 0 Å². The number of aromatic nitrogens is 1. The summed E-state index contributed by atoms with van der Waals surface area (Å²) in [6.07, 6.45) is 3.64. The van der Waals surface area contributed by atoms with Gasteiger partial charge in [-0.05, 0) is 29.3 Å². The maximum absolute atomic E-state index is 11.9. The Morgan fingerprint density at radius 2 is 1.70 bits per heavy atom. The topological polar surface area (TPSA) is 100 Å². The van der Waals surface area contributed by atoms with E-state index in [1.54, 1.807) is 24.3 Å². The number of H-pyrrole nitrogens is 1. The van der Waals surface area contributed by atoms with Crippen LogP contribution in [0.5, 0.6) is 0 Å². The maximum atomic E-state index is 11.9. The van der Waals surface area contributed by atoms with Crippen LogP contribution in [-0.4, -0.2) is 16.9 Å². The molecule has 0 aliphatic carbocycles. The lowest BCUT2D eigenvalue weighted by atomic mass is 10.1. The summed E-state index contributed by atoms with van der Waals surface area (Å²) in [6.45, 7) is 0.827. The van der Waals surface area contributed by atoms with Gasteiger partial charge in [0, 0.05) is 31.0 Å². The fourth-order valence-electron chi connectivity index (χ4n) is 1.72. The Bertz CT molecular complexity index is 576.